The van der Waals surface area contributed by atoms with Gasteiger partial charge in [-0.3, -0.25) is 14.4 Å². The number of carbonyl (C=O) groups excluding carboxylic acids is 3. The van der Waals surface area contributed by atoms with Crippen molar-refractivity contribution in [2.45, 2.75) is 44.0 Å². The summed E-state index contributed by atoms with van der Waals surface area (Å²) >= 11 is 0. The summed E-state index contributed by atoms with van der Waals surface area (Å²) in [6, 6.07) is 4.76. The minimum atomic E-state index is -4.13. The normalized spacial score (nSPS) is 18.0. The Kier molecular flexibility index (Phi) is 7.65. The highest BCUT2D eigenvalue weighted by atomic mass is 32.2. The molecule has 2 aromatic rings. The van der Waals surface area contributed by atoms with E-state index >= 15 is 0 Å². The van der Waals surface area contributed by atoms with Crippen LogP contribution in [-0.2, 0) is 37.2 Å². The van der Waals surface area contributed by atoms with E-state index in [2.05, 4.69) is 20.0 Å². The number of halogens is 1. The molecular weight excluding hydrogens is 451 g/mol. The molecule has 0 saturated heterocycles. The van der Waals surface area contributed by atoms with Gasteiger partial charge in [0, 0.05) is 43.6 Å². The molecule has 1 aliphatic rings. The second-order valence-corrected chi connectivity index (χ2v) is 9.92. The maximum atomic E-state index is 13.2. The minimum Gasteiger partial charge on any atom is -0.349 e. The van der Waals surface area contributed by atoms with Crippen LogP contribution < -0.4 is 10.0 Å². The Hall–Kier alpha value is -3.05. The maximum Gasteiger partial charge on any atom is 0.287 e. The number of carbonyl (C=O) groups is 3. The van der Waals surface area contributed by atoms with Gasteiger partial charge in [0.25, 0.3) is 5.91 Å². The SMILES string of the molecule is CC(C)C(NS(=O)(=O)c1ccc(F)cc1)C(=O)CC1Cc2nccc(n2)CCNC(=O)C1=O. The Morgan fingerprint density at radius 2 is 1.91 bits per heavy atom. The number of ketones is 2. The number of sulfonamides is 1. The van der Waals surface area contributed by atoms with Gasteiger partial charge in [0.05, 0.1) is 10.9 Å². The number of nitrogens with zero attached hydrogens (tertiary/aromatic N) is 2. The number of nitrogens with one attached hydrogen (secondary N) is 2. The van der Waals surface area contributed by atoms with Crippen LogP contribution in [-0.4, -0.2) is 48.4 Å². The summed E-state index contributed by atoms with van der Waals surface area (Å²) in [6.07, 6.45) is 1.60. The first kappa shape index (κ1) is 24.6. The molecule has 0 aliphatic carbocycles. The summed E-state index contributed by atoms with van der Waals surface area (Å²) < 4.78 is 41.0. The molecule has 9 nitrogen and oxygen atoms in total. The fourth-order valence-electron chi connectivity index (χ4n) is 3.53. The highest BCUT2D eigenvalue weighted by Gasteiger charge is 2.34. The molecule has 1 aromatic carbocycles. The van der Waals surface area contributed by atoms with Gasteiger partial charge < -0.3 is 5.32 Å². The van der Waals surface area contributed by atoms with Crippen molar-refractivity contribution in [3.63, 3.8) is 0 Å². The molecule has 2 bridgehead atoms. The molecule has 2 unspecified atom stereocenters. The van der Waals surface area contributed by atoms with Gasteiger partial charge >= 0.3 is 0 Å². The molecule has 0 saturated carbocycles. The standard InChI is InChI=1S/C22H25FN4O5S/c1-13(2)20(27-33(31,32)17-5-3-15(23)4-6-17)18(28)11-14-12-19-24-9-7-16(26-19)8-10-25-22(30)21(14)29/h3-7,9,13-14,20,27H,8,10-12H2,1-2H3,(H,25,30). The third-order valence-corrected chi connectivity index (χ3v) is 6.78. The van der Waals surface area contributed by atoms with Crippen molar-refractivity contribution in [2.24, 2.45) is 11.8 Å². The zero-order chi connectivity index (χ0) is 24.2. The van der Waals surface area contributed by atoms with E-state index in [0.29, 0.717) is 17.9 Å². The lowest BCUT2D eigenvalue weighted by molar-refractivity contribution is -0.141. The molecule has 0 radical (unpaired) electrons. The number of rotatable bonds is 7. The van der Waals surface area contributed by atoms with E-state index in [1.807, 2.05) is 0 Å². The first-order valence-corrected chi connectivity index (χ1v) is 12.0. The zero-order valence-electron chi connectivity index (χ0n) is 18.2. The molecule has 3 rings (SSSR count). The molecular formula is C22H25FN4O5S. The molecule has 2 atom stereocenters. The van der Waals surface area contributed by atoms with Crippen LogP contribution in [0.2, 0.25) is 0 Å². The van der Waals surface area contributed by atoms with Crippen molar-refractivity contribution in [1.29, 1.82) is 0 Å². The van der Waals surface area contributed by atoms with Gasteiger partial charge in [0.2, 0.25) is 15.8 Å². The van der Waals surface area contributed by atoms with E-state index in [4.69, 9.17) is 0 Å². The largest absolute Gasteiger partial charge is 0.349 e. The van der Waals surface area contributed by atoms with E-state index in [9.17, 15) is 27.2 Å². The minimum absolute atomic E-state index is 0.0264. The quantitative estimate of drug-likeness (QED) is 0.569. The van der Waals surface area contributed by atoms with Gasteiger partial charge in [-0.05, 0) is 36.2 Å². The Balaban J connectivity index is 1.83. The molecule has 2 heterocycles. The third-order valence-electron chi connectivity index (χ3n) is 5.32. The average molecular weight is 477 g/mol. The predicted octanol–water partition coefficient (Wildman–Crippen LogP) is 0.978. The second kappa shape index (κ2) is 10.3. The van der Waals surface area contributed by atoms with Crippen molar-refractivity contribution in [3.05, 3.63) is 53.9 Å². The topological polar surface area (TPSA) is 135 Å². The number of fused-ring (bicyclic) bond motifs is 2. The van der Waals surface area contributed by atoms with Crippen LogP contribution in [0.25, 0.3) is 0 Å². The summed E-state index contributed by atoms with van der Waals surface area (Å²) in [7, 11) is -4.13. The summed E-state index contributed by atoms with van der Waals surface area (Å²) in [5, 5.41) is 2.53. The number of benzene rings is 1. The lowest BCUT2D eigenvalue weighted by Gasteiger charge is -2.23. The van der Waals surface area contributed by atoms with Crippen molar-refractivity contribution in [3.8, 4) is 0 Å². The van der Waals surface area contributed by atoms with E-state index in [1.54, 1.807) is 26.1 Å². The summed E-state index contributed by atoms with van der Waals surface area (Å²) in [6.45, 7) is 3.53. The lowest BCUT2D eigenvalue weighted by Crippen LogP contribution is -2.46. The number of aromatic nitrogens is 2. The summed E-state index contributed by atoms with van der Waals surface area (Å²) in [5.41, 5.74) is 0.701. The van der Waals surface area contributed by atoms with Crippen molar-refractivity contribution < 1.29 is 27.2 Å². The molecule has 0 fully saturated rings. The van der Waals surface area contributed by atoms with Crippen molar-refractivity contribution in [1.82, 2.24) is 20.0 Å². The van der Waals surface area contributed by atoms with E-state index in [0.717, 1.165) is 24.3 Å². The first-order chi connectivity index (χ1) is 15.6. The molecule has 0 spiro atoms. The fraction of sp³-hybridized carbons (Fsp3) is 0.409. The summed E-state index contributed by atoms with van der Waals surface area (Å²) in [5.74, 6) is -3.87. The molecule has 1 aliphatic heterocycles. The van der Waals surface area contributed by atoms with Gasteiger partial charge in [-0.15, -0.1) is 0 Å². The Bertz CT molecular complexity index is 1150. The van der Waals surface area contributed by atoms with E-state index in [1.165, 1.54) is 0 Å². The molecule has 1 amide bonds. The van der Waals surface area contributed by atoms with Crippen LogP contribution in [0.5, 0.6) is 0 Å². The van der Waals surface area contributed by atoms with Crippen LogP contribution in [0.3, 0.4) is 0 Å². The van der Waals surface area contributed by atoms with Crippen molar-refractivity contribution >= 4 is 27.5 Å². The number of Topliss-reactive ketones (excluding diaryl/α,β-unsaturated/α-hetero) is 2. The lowest BCUT2D eigenvalue weighted by atomic mass is 9.88. The average Bonchev–Trinajstić information content (AvgIpc) is 2.76. The Labute approximate surface area is 191 Å². The van der Waals surface area contributed by atoms with Crippen LogP contribution in [0, 0.1) is 17.7 Å². The monoisotopic (exact) mass is 476 g/mol. The van der Waals surface area contributed by atoms with Gasteiger partial charge in [-0.25, -0.2) is 27.5 Å². The fourth-order valence-corrected chi connectivity index (χ4v) is 4.89. The van der Waals surface area contributed by atoms with E-state index in [-0.39, 0.29) is 24.3 Å². The van der Waals surface area contributed by atoms with E-state index < -0.39 is 51.2 Å². The Morgan fingerprint density at radius 3 is 2.58 bits per heavy atom. The van der Waals surface area contributed by atoms with Gasteiger partial charge in [-0.1, -0.05) is 13.8 Å². The number of hydrogen-bond donors (Lipinski definition) is 2. The second-order valence-electron chi connectivity index (χ2n) is 8.20. The molecule has 2 N–H and O–H groups in total. The van der Waals surface area contributed by atoms with Crippen LogP contribution in [0.1, 0.15) is 31.8 Å². The highest BCUT2D eigenvalue weighted by Crippen LogP contribution is 2.19. The zero-order valence-corrected chi connectivity index (χ0v) is 19.1. The van der Waals surface area contributed by atoms with Crippen molar-refractivity contribution in [2.75, 3.05) is 6.54 Å². The number of hydrogen-bond acceptors (Lipinski definition) is 7. The summed E-state index contributed by atoms with van der Waals surface area (Å²) in [4.78, 5) is 46.5. The maximum absolute atomic E-state index is 13.2. The third kappa shape index (κ3) is 6.26. The van der Waals surface area contributed by atoms with Crippen LogP contribution in [0.4, 0.5) is 4.39 Å². The molecule has 33 heavy (non-hydrogen) atoms. The molecule has 11 heteroatoms. The Morgan fingerprint density at radius 1 is 1.21 bits per heavy atom. The van der Waals surface area contributed by atoms with Gasteiger partial charge in [-0.2, -0.15) is 0 Å². The van der Waals surface area contributed by atoms with Gasteiger partial charge in [0.1, 0.15) is 11.6 Å². The predicted molar refractivity (Wildman–Crippen MR) is 116 cm³/mol. The molecule has 176 valence electrons. The smallest absolute Gasteiger partial charge is 0.287 e. The highest BCUT2D eigenvalue weighted by molar-refractivity contribution is 7.89. The molecule has 1 aromatic heterocycles. The number of amides is 1. The first-order valence-electron chi connectivity index (χ1n) is 10.5. The van der Waals surface area contributed by atoms with Crippen LogP contribution >= 0.6 is 0 Å². The van der Waals surface area contributed by atoms with Crippen LogP contribution in [0.15, 0.2) is 41.4 Å². The van der Waals surface area contributed by atoms with Gasteiger partial charge in [0.15, 0.2) is 5.78 Å².